The van der Waals surface area contributed by atoms with Gasteiger partial charge in [-0.1, -0.05) is 32.0 Å². The van der Waals surface area contributed by atoms with Crippen molar-refractivity contribution in [2.75, 3.05) is 6.54 Å². The van der Waals surface area contributed by atoms with E-state index in [2.05, 4.69) is 15.5 Å². The molecule has 19 heavy (non-hydrogen) atoms. The van der Waals surface area contributed by atoms with Crippen LogP contribution in [0.25, 0.3) is 10.9 Å². The van der Waals surface area contributed by atoms with Crippen molar-refractivity contribution in [2.24, 2.45) is 11.7 Å². The highest BCUT2D eigenvalue weighted by Crippen LogP contribution is 2.19. The van der Waals surface area contributed by atoms with E-state index in [0.717, 1.165) is 10.9 Å². The van der Waals surface area contributed by atoms with Crippen LogP contribution in [0, 0.1) is 5.92 Å². The van der Waals surface area contributed by atoms with E-state index in [1.54, 1.807) is 0 Å². The number of amides is 1. The molecule has 1 aromatic carbocycles. The predicted octanol–water partition coefficient (Wildman–Crippen LogP) is 1.67. The fourth-order valence-corrected chi connectivity index (χ4v) is 1.89. The zero-order chi connectivity index (χ0) is 14.0. The minimum atomic E-state index is -0.433. The Morgan fingerprint density at radius 3 is 2.79 bits per heavy atom. The molecule has 1 atom stereocenters. The highest BCUT2D eigenvalue weighted by atomic mass is 16.2. The van der Waals surface area contributed by atoms with Crippen LogP contribution in [0.4, 0.5) is 0 Å². The molecule has 2 aromatic rings. The number of nitrogens with two attached hydrogens (primary N) is 1. The van der Waals surface area contributed by atoms with Crippen LogP contribution in [0.3, 0.4) is 0 Å². The average Bonchev–Trinajstić information content (AvgIpc) is 2.82. The molecule has 2 rings (SSSR count). The number of rotatable bonds is 4. The van der Waals surface area contributed by atoms with Crippen molar-refractivity contribution in [1.82, 2.24) is 15.5 Å². The van der Waals surface area contributed by atoms with E-state index < -0.39 is 5.54 Å². The van der Waals surface area contributed by atoms with Crippen molar-refractivity contribution < 1.29 is 4.79 Å². The lowest BCUT2D eigenvalue weighted by Crippen LogP contribution is -2.55. The first-order valence-corrected chi connectivity index (χ1v) is 6.43. The van der Waals surface area contributed by atoms with Gasteiger partial charge < -0.3 is 11.1 Å². The molecule has 1 unspecified atom stereocenters. The maximum atomic E-state index is 12.3. The van der Waals surface area contributed by atoms with E-state index in [1.807, 2.05) is 45.0 Å². The molecular formula is C14H20N4O. The maximum Gasteiger partial charge on any atom is 0.272 e. The van der Waals surface area contributed by atoms with E-state index in [9.17, 15) is 4.79 Å². The summed E-state index contributed by atoms with van der Waals surface area (Å²) < 4.78 is 0. The van der Waals surface area contributed by atoms with Gasteiger partial charge in [-0.3, -0.25) is 9.89 Å². The minimum Gasteiger partial charge on any atom is -0.344 e. The number of aromatic amines is 1. The number of benzene rings is 1. The van der Waals surface area contributed by atoms with Gasteiger partial charge in [-0.05, 0) is 18.9 Å². The number of fused-ring (bicyclic) bond motifs is 1. The Morgan fingerprint density at radius 2 is 2.16 bits per heavy atom. The highest BCUT2D eigenvalue weighted by Gasteiger charge is 2.30. The summed E-state index contributed by atoms with van der Waals surface area (Å²) in [5.41, 5.74) is 6.61. The van der Waals surface area contributed by atoms with Crippen LogP contribution in [0.15, 0.2) is 24.3 Å². The van der Waals surface area contributed by atoms with Crippen LogP contribution in [0.1, 0.15) is 31.3 Å². The lowest BCUT2D eigenvalue weighted by Gasteiger charge is -2.33. The molecule has 102 valence electrons. The Balaban J connectivity index is 2.30. The molecule has 0 aliphatic heterocycles. The molecule has 5 heteroatoms. The van der Waals surface area contributed by atoms with Gasteiger partial charge in [0.15, 0.2) is 5.69 Å². The van der Waals surface area contributed by atoms with Gasteiger partial charge >= 0.3 is 0 Å². The smallest absolute Gasteiger partial charge is 0.272 e. The SMILES string of the molecule is CC(C)C(C)(CN)NC(=O)c1n[nH]c2ccccc12. The van der Waals surface area contributed by atoms with Crippen LogP contribution < -0.4 is 11.1 Å². The van der Waals surface area contributed by atoms with Gasteiger partial charge in [0.05, 0.1) is 11.1 Å². The quantitative estimate of drug-likeness (QED) is 0.781. The Hall–Kier alpha value is -1.88. The number of hydrogen-bond acceptors (Lipinski definition) is 3. The fraction of sp³-hybridized carbons (Fsp3) is 0.429. The highest BCUT2D eigenvalue weighted by molar-refractivity contribution is 6.04. The molecule has 0 radical (unpaired) electrons. The molecule has 0 aliphatic rings. The normalized spacial score (nSPS) is 14.6. The topological polar surface area (TPSA) is 83.8 Å². The zero-order valence-electron chi connectivity index (χ0n) is 11.5. The van der Waals surface area contributed by atoms with Gasteiger partial charge in [0, 0.05) is 11.9 Å². The van der Waals surface area contributed by atoms with Crippen molar-refractivity contribution in [3.05, 3.63) is 30.0 Å². The van der Waals surface area contributed by atoms with Gasteiger partial charge in [-0.15, -0.1) is 0 Å². The van der Waals surface area contributed by atoms with Crippen molar-refractivity contribution in [3.63, 3.8) is 0 Å². The predicted molar refractivity (Wildman–Crippen MR) is 75.9 cm³/mol. The number of carbonyl (C=O) groups excluding carboxylic acids is 1. The largest absolute Gasteiger partial charge is 0.344 e. The van der Waals surface area contributed by atoms with E-state index in [1.165, 1.54) is 0 Å². The van der Waals surface area contributed by atoms with Gasteiger partial charge in [0.1, 0.15) is 0 Å². The van der Waals surface area contributed by atoms with Crippen LogP contribution >= 0.6 is 0 Å². The fourth-order valence-electron chi connectivity index (χ4n) is 1.89. The molecule has 1 heterocycles. The van der Waals surface area contributed by atoms with E-state index in [4.69, 9.17) is 5.73 Å². The summed E-state index contributed by atoms with van der Waals surface area (Å²) in [4.78, 5) is 12.3. The maximum absolute atomic E-state index is 12.3. The molecule has 0 saturated heterocycles. The number of H-pyrrole nitrogens is 1. The lowest BCUT2D eigenvalue weighted by atomic mass is 9.88. The number of carbonyl (C=O) groups is 1. The third-order valence-corrected chi connectivity index (χ3v) is 3.78. The molecule has 5 nitrogen and oxygen atoms in total. The van der Waals surface area contributed by atoms with Crippen LogP contribution in [0.5, 0.6) is 0 Å². The van der Waals surface area contributed by atoms with E-state index >= 15 is 0 Å². The molecule has 0 saturated carbocycles. The summed E-state index contributed by atoms with van der Waals surface area (Å²) in [5, 5.41) is 10.8. The molecule has 4 N–H and O–H groups in total. The third-order valence-electron chi connectivity index (χ3n) is 3.78. The number of para-hydroxylation sites is 1. The summed E-state index contributed by atoms with van der Waals surface area (Å²) in [6, 6.07) is 7.56. The summed E-state index contributed by atoms with van der Waals surface area (Å²) >= 11 is 0. The van der Waals surface area contributed by atoms with Crippen molar-refractivity contribution in [2.45, 2.75) is 26.3 Å². The molecule has 1 aromatic heterocycles. The van der Waals surface area contributed by atoms with Crippen LogP contribution in [0.2, 0.25) is 0 Å². The second-order valence-corrected chi connectivity index (χ2v) is 5.35. The third kappa shape index (κ3) is 2.46. The van der Waals surface area contributed by atoms with Crippen molar-refractivity contribution >= 4 is 16.8 Å². The van der Waals surface area contributed by atoms with Gasteiger partial charge in [0.25, 0.3) is 5.91 Å². The van der Waals surface area contributed by atoms with Crippen molar-refractivity contribution in [3.8, 4) is 0 Å². The van der Waals surface area contributed by atoms with Crippen LogP contribution in [-0.4, -0.2) is 28.2 Å². The summed E-state index contributed by atoms with van der Waals surface area (Å²) in [6.45, 7) is 6.41. The molecule has 1 amide bonds. The minimum absolute atomic E-state index is 0.195. The average molecular weight is 260 g/mol. The first-order chi connectivity index (χ1) is 8.98. The van der Waals surface area contributed by atoms with Gasteiger partial charge in [-0.25, -0.2) is 0 Å². The Kier molecular flexibility index (Phi) is 3.57. The Bertz CT molecular complexity index is 590. The number of nitrogens with one attached hydrogen (secondary N) is 2. The number of aromatic nitrogens is 2. The summed E-state index contributed by atoms with van der Waals surface area (Å²) in [6.07, 6.45) is 0. The molecule has 0 fully saturated rings. The first-order valence-electron chi connectivity index (χ1n) is 6.43. The molecule has 0 aliphatic carbocycles. The molecular weight excluding hydrogens is 240 g/mol. The van der Waals surface area contributed by atoms with Crippen LogP contribution in [-0.2, 0) is 0 Å². The lowest BCUT2D eigenvalue weighted by molar-refractivity contribution is 0.0879. The number of nitrogens with zero attached hydrogens (tertiary/aromatic N) is 1. The zero-order valence-corrected chi connectivity index (χ0v) is 11.5. The van der Waals surface area contributed by atoms with Gasteiger partial charge in [-0.2, -0.15) is 5.10 Å². The number of hydrogen-bond donors (Lipinski definition) is 3. The van der Waals surface area contributed by atoms with E-state index in [-0.39, 0.29) is 11.8 Å². The monoisotopic (exact) mass is 260 g/mol. The van der Waals surface area contributed by atoms with E-state index in [0.29, 0.717) is 12.2 Å². The standard InChI is InChI=1S/C14H20N4O/c1-9(2)14(3,8-15)16-13(19)12-10-6-4-5-7-11(10)17-18-12/h4-7,9H,8,15H2,1-3H3,(H,16,19)(H,17,18). The summed E-state index contributed by atoms with van der Waals surface area (Å²) in [5.74, 6) is 0.0470. The van der Waals surface area contributed by atoms with Crippen molar-refractivity contribution in [1.29, 1.82) is 0 Å². The molecule has 0 bridgehead atoms. The Morgan fingerprint density at radius 1 is 1.47 bits per heavy atom. The Labute approximate surface area is 112 Å². The second-order valence-electron chi connectivity index (χ2n) is 5.35. The van der Waals surface area contributed by atoms with Gasteiger partial charge in [0.2, 0.25) is 0 Å². The summed E-state index contributed by atoms with van der Waals surface area (Å²) in [7, 11) is 0. The molecule has 0 spiro atoms. The first kappa shape index (κ1) is 13.5. The second kappa shape index (κ2) is 5.01.